The highest BCUT2D eigenvalue weighted by molar-refractivity contribution is 7.89. The fourth-order valence-corrected chi connectivity index (χ4v) is 5.18. The molecule has 2 N–H and O–H groups in total. The van der Waals surface area contributed by atoms with Gasteiger partial charge in [-0.15, -0.1) is 0 Å². The van der Waals surface area contributed by atoms with Crippen LogP contribution >= 0.6 is 23.2 Å². The second-order valence-corrected chi connectivity index (χ2v) is 11.0. The van der Waals surface area contributed by atoms with Gasteiger partial charge in [0.2, 0.25) is 0 Å². The quantitative estimate of drug-likeness (QED) is 0.358. The van der Waals surface area contributed by atoms with E-state index in [2.05, 4.69) is 10.1 Å². The van der Waals surface area contributed by atoms with Gasteiger partial charge in [-0.2, -0.15) is 5.10 Å². The second-order valence-electron chi connectivity index (χ2n) is 8.11. The van der Waals surface area contributed by atoms with Crippen molar-refractivity contribution in [3.05, 3.63) is 81.2 Å². The lowest BCUT2D eigenvalue weighted by molar-refractivity contribution is 0.575. The summed E-state index contributed by atoms with van der Waals surface area (Å²) in [7, 11) is -1.68. The third-order valence-electron chi connectivity index (χ3n) is 5.32. The third-order valence-corrected chi connectivity index (χ3v) is 6.64. The van der Waals surface area contributed by atoms with Crippen molar-refractivity contribution in [1.29, 1.82) is 0 Å². The molecule has 34 heavy (non-hydrogen) atoms. The number of halogens is 4. The van der Waals surface area contributed by atoms with E-state index >= 15 is 0 Å². The minimum Gasteiger partial charge on any atom is -0.322 e. The number of rotatable bonds is 6. The van der Waals surface area contributed by atoms with Crippen LogP contribution in [0.4, 0.5) is 8.78 Å². The molecule has 0 amide bonds. The van der Waals surface area contributed by atoms with E-state index in [0.29, 0.717) is 44.0 Å². The number of nitrogens with two attached hydrogens (primary N) is 1. The normalized spacial score (nSPS) is 12.9. The van der Waals surface area contributed by atoms with E-state index in [1.54, 1.807) is 36.0 Å². The molecule has 2 aromatic heterocycles. The Morgan fingerprint density at radius 3 is 2.35 bits per heavy atom. The maximum Gasteiger partial charge on any atom is 0.153 e. The van der Waals surface area contributed by atoms with Gasteiger partial charge < -0.3 is 5.73 Å². The molecule has 2 heterocycles. The van der Waals surface area contributed by atoms with Gasteiger partial charge in [0, 0.05) is 35.9 Å². The average Bonchev–Trinajstić information content (AvgIpc) is 3.03. The molecule has 0 bridgehead atoms. The molecule has 1 atom stereocenters. The molecular weight excluding hydrogens is 505 g/mol. The Morgan fingerprint density at radius 1 is 1.06 bits per heavy atom. The maximum absolute atomic E-state index is 13.7. The molecule has 4 aromatic rings. The lowest BCUT2D eigenvalue weighted by atomic mass is 9.94. The van der Waals surface area contributed by atoms with Crippen molar-refractivity contribution in [1.82, 2.24) is 14.8 Å². The van der Waals surface area contributed by atoms with E-state index in [1.807, 2.05) is 0 Å². The van der Waals surface area contributed by atoms with E-state index in [9.17, 15) is 17.2 Å². The maximum atomic E-state index is 13.7. The van der Waals surface area contributed by atoms with Crippen LogP contribution in [0.3, 0.4) is 0 Å². The Kier molecular flexibility index (Phi) is 6.65. The smallest absolute Gasteiger partial charge is 0.153 e. The van der Waals surface area contributed by atoms with E-state index in [-0.39, 0.29) is 17.3 Å². The van der Waals surface area contributed by atoms with Gasteiger partial charge in [0.05, 0.1) is 33.7 Å². The molecule has 0 aliphatic rings. The van der Waals surface area contributed by atoms with Crippen LogP contribution in [0.5, 0.6) is 0 Å². The summed E-state index contributed by atoms with van der Waals surface area (Å²) < 4.78 is 52.8. The van der Waals surface area contributed by atoms with E-state index in [1.165, 1.54) is 12.1 Å². The number of pyridine rings is 1. The summed E-state index contributed by atoms with van der Waals surface area (Å²) in [5.41, 5.74) is 9.42. The van der Waals surface area contributed by atoms with Crippen molar-refractivity contribution in [2.24, 2.45) is 12.8 Å². The molecular formula is C23H20Cl2F2N4O2S. The van der Waals surface area contributed by atoms with E-state index in [4.69, 9.17) is 28.9 Å². The van der Waals surface area contributed by atoms with Gasteiger partial charge in [-0.05, 0) is 42.3 Å². The molecule has 2 aromatic carbocycles. The van der Waals surface area contributed by atoms with Crippen LogP contribution in [0, 0.1) is 11.6 Å². The molecule has 0 saturated heterocycles. The highest BCUT2D eigenvalue weighted by Gasteiger charge is 2.23. The summed E-state index contributed by atoms with van der Waals surface area (Å²) in [6.45, 7) is 0. The van der Waals surface area contributed by atoms with Crippen LogP contribution in [0.2, 0.25) is 10.2 Å². The van der Waals surface area contributed by atoms with Gasteiger partial charge in [-0.25, -0.2) is 22.2 Å². The van der Waals surface area contributed by atoms with Gasteiger partial charge in [-0.3, -0.25) is 4.68 Å². The molecule has 0 saturated carbocycles. The van der Waals surface area contributed by atoms with E-state index < -0.39 is 27.5 Å². The summed E-state index contributed by atoms with van der Waals surface area (Å²) >= 11 is 12.6. The van der Waals surface area contributed by atoms with E-state index in [0.717, 1.165) is 12.3 Å². The Hall–Kier alpha value is -2.59. The monoisotopic (exact) mass is 524 g/mol. The molecule has 0 unspecified atom stereocenters. The number of hydrogen-bond acceptors (Lipinski definition) is 5. The van der Waals surface area contributed by atoms with Crippen molar-refractivity contribution in [3.63, 3.8) is 0 Å². The number of nitrogens with zero attached hydrogens (tertiary/aromatic N) is 3. The van der Waals surface area contributed by atoms with Gasteiger partial charge in [0.1, 0.15) is 16.8 Å². The standard InChI is InChI=1S/C23H20Cl2F2N4O2S/c1-31-23-16(3-5-17(24)21(23)19(30-31)11-34(2,32)33)15-4-6-20(25)29-22(15)18(28)9-12-7-13(26)10-14(27)8-12/h3-8,10,18H,9,11,28H2,1-2H3/t18-/m0/s1. The fraction of sp³-hybridized carbons (Fsp3) is 0.217. The highest BCUT2D eigenvalue weighted by Crippen LogP contribution is 2.38. The topological polar surface area (TPSA) is 90.9 Å². The van der Waals surface area contributed by atoms with Crippen LogP contribution in [0.15, 0.2) is 42.5 Å². The molecule has 11 heteroatoms. The van der Waals surface area contributed by atoms with Gasteiger partial charge in [0.25, 0.3) is 0 Å². The zero-order valence-electron chi connectivity index (χ0n) is 18.2. The summed E-state index contributed by atoms with van der Waals surface area (Å²) in [4.78, 5) is 4.41. The van der Waals surface area contributed by atoms with Crippen LogP contribution in [0.25, 0.3) is 22.0 Å². The Bertz CT molecular complexity index is 1500. The first-order valence-corrected chi connectivity index (χ1v) is 12.9. The van der Waals surface area contributed by atoms with Crippen molar-refractivity contribution in [2.75, 3.05) is 6.26 Å². The number of aryl methyl sites for hydroxylation is 1. The van der Waals surface area contributed by atoms with Crippen molar-refractivity contribution < 1.29 is 17.2 Å². The Morgan fingerprint density at radius 2 is 1.71 bits per heavy atom. The number of sulfone groups is 1. The highest BCUT2D eigenvalue weighted by atomic mass is 35.5. The van der Waals surface area contributed by atoms with Gasteiger partial charge >= 0.3 is 0 Å². The molecule has 0 aliphatic heterocycles. The largest absolute Gasteiger partial charge is 0.322 e. The second kappa shape index (κ2) is 9.22. The van der Waals surface area contributed by atoms with Crippen molar-refractivity contribution >= 4 is 43.9 Å². The predicted octanol–water partition coefficient (Wildman–Crippen LogP) is 5.01. The summed E-state index contributed by atoms with van der Waals surface area (Å²) in [6, 6.07) is 9.23. The molecule has 0 fully saturated rings. The zero-order chi connectivity index (χ0) is 24.8. The van der Waals surface area contributed by atoms with Gasteiger partial charge in [0.15, 0.2) is 9.84 Å². The number of benzene rings is 2. The Balaban J connectivity index is 1.87. The van der Waals surface area contributed by atoms with Gasteiger partial charge in [-0.1, -0.05) is 29.3 Å². The first-order chi connectivity index (χ1) is 15.9. The molecule has 178 valence electrons. The van der Waals surface area contributed by atoms with Crippen molar-refractivity contribution in [2.45, 2.75) is 18.2 Å². The molecule has 0 spiro atoms. The number of fused-ring (bicyclic) bond motifs is 1. The number of aromatic nitrogens is 3. The SMILES string of the molecule is Cn1nc(CS(C)(=O)=O)c2c(Cl)ccc(-c3ccc(Cl)nc3[C@@H](N)Cc3cc(F)cc(F)c3)c21. The molecule has 4 rings (SSSR count). The minimum atomic E-state index is -3.36. The van der Waals surface area contributed by atoms with Crippen LogP contribution in [-0.4, -0.2) is 29.4 Å². The molecule has 6 nitrogen and oxygen atoms in total. The first-order valence-electron chi connectivity index (χ1n) is 10.1. The van der Waals surface area contributed by atoms with Crippen LogP contribution in [0.1, 0.15) is 23.0 Å². The molecule has 0 radical (unpaired) electrons. The summed E-state index contributed by atoms with van der Waals surface area (Å²) in [5, 5.41) is 5.46. The minimum absolute atomic E-state index is 0.108. The fourth-order valence-electron chi connectivity index (χ4n) is 4.06. The predicted molar refractivity (Wildman–Crippen MR) is 130 cm³/mol. The number of hydrogen-bond donors (Lipinski definition) is 1. The third kappa shape index (κ3) is 5.07. The van der Waals surface area contributed by atoms with Crippen LogP contribution in [-0.2, 0) is 29.1 Å². The summed E-state index contributed by atoms with van der Waals surface area (Å²) in [6.07, 6.45) is 1.23. The molecule has 0 aliphatic carbocycles. The average molecular weight is 525 g/mol. The van der Waals surface area contributed by atoms with Crippen LogP contribution < -0.4 is 5.73 Å². The first kappa shape index (κ1) is 24.5. The zero-order valence-corrected chi connectivity index (χ0v) is 20.5. The summed E-state index contributed by atoms with van der Waals surface area (Å²) in [5.74, 6) is -1.67. The lowest BCUT2D eigenvalue weighted by Gasteiger charge is -2.17. The lowest BCUT2D eigenvalue weighted by Crippen LogP contribution is -2.17. The van der Waals surface area contributed by atoms with Crippen molar-refractivity contribution in [3.8, 4) is 11.1 Å². The Labute approximate surface area is 205 Å².